The number of carboxylic acids is 2. The van der Waals surface area contributed by atoms with Crippen LogP contribution in [0.4, 0.5) is 13.2 Å². The number of amides is 2. The van der Waals surface area contributed by atoms with Crippen molar-refractivity contribution in [1.29, 1.82) is 0 Å². The molecule has 234 valence electrons. The predicted molar refractivity (Wildman–Crippen MR) is 142 cm³/mol. The molecule has 1 aromatic heterocycles. The van der Waals surface area contributed by atoms with Crippen molar-refractivity contribution in [2.75, 3.05) is 11.5 Å². The Morgan fingerprint density at radius 2 is 1.91 bits per heavy atom. The van der Waals surface area contributed by atoms with Crippen LogP contribution in [-0.4, -0.2) is 107 Å². The minimum atomic E-state index is -5.08. The number of benzene rings is 1. The number of fused-ring (bicyclic) bond motifs is 1. The van der Waals surface area contributed by atoms with Gasteiger partial charge < -0.3 is 21.3 Å². The number of aliphatic carboxylic acids is 2. The Balaban J connectivity index is 0.000000646. The Hall–Kier alpha value is -3.73. The van der Waals surface area contributed by atoms with E-state index in [1.54, 1.807) is 18.2 Å². The van der Waals surface area contributed by atoms with Crippen molar-refractivity contribution < 1.29 is 55.5 Å². The van der Waals surface area contributed by atoms with Crippen LogP contribution in [0.5, 0.6) is 0 Å². The summed E-state index contributed by atoms with van der Waals surface area (Å²) in [5.74, 6) is -6.04. The number of rotatable bonds is 10. The fourth-order valence-corrected chi connectivity index (χ4v) is 7.57. The lowest BCUT2D eigenvalue weighted by Crippen LogP contribution is -2.70. The highest BCUT2D eigenvalue weighted by atomic mass is 32.2. The van der Waals surface area contributed by atoms with Crippen molar-refractivity contribution in [1.82, 2.24) is 30.8 Å². The second kappa shape index (κ2) is 13.7. The van der Waals surface area contributed by atoms with Crippen LogP contribution < -0.4 is 11.1 Å². The Kier molecular flexibility index (Phi) is 10.8. The van der Waals surface area contributed by atoms with E-state index in [9.17, 15) is 45.6 Å². The number of aromatic amines is 1. The Morgan fingerprint density at radius 1 is 1.26 bits per heavy atom. The quantitative estimate of drug-likeness (QED) is 0.107. The number of halogens is 3. The van der Waals surface area contributed by atoms with Gasteiger partial charge >= 0.3 is 18.1 Å². The lowest BCUT2D eigenvalue weighted by Gasteiger charge is -2.50. The third kappa shape index (κ3) is 8.89. The van der Waals surface area contributed by atoms with Crippen molar-refractivity contribution in [2.45, 2.75) is 41.0 Å². The summed E-state index contributed by atoms with van der Waals surface area (Å²) in [4.78, 5) is 47.6. The van der Waals surface area contributed by atoms with Crippen LogP contribution in [0.2, 0.25) is 0 Å². The van der Waals surface area contributed by atoms with E-state index in [0.717, 1.165) is 27.8 Å². The van der Waals surface area contributed by atoms with E-state index in [-0.39, 0.29) is 22.9 Å². The molecule has 3 heterocycles. The zero-order valence-electron chi connectivity index (χ0n) is 21.4. The van der Waals surface area contributed by atoms with Crippen LogP contribution in [0.25, 0.3) is 0 Å². The lowest BCUT2D eigenvalue weighted by atomic mass is 10.0. The van der Waals surface area contributed by atoms with Crippen LogP contribution in [0.15, 0.2) is 40.7 Å². The van der Waals surface area contributed by atoms with Crippen LogP contribution in [0.1, 0.15) is 11.1 Å². The molecule has 0 radical (unpaired) electrons. The molecule has 7 N–H and O–H groups in total. The number of alkyl halides is 3. The first-order valence-corrected chi connectivity index (χ1v) is 15.2. The number of thioether (sulfide) groups is 2. The minimum absolute atomic E-state index is 0.0135. The summed E-state index contributed by atoms with van der Waals surface area (Å²) in [6.07, 6.45) is -5.07. The van der Waals surface area contributed by atoms with E-state index < -0.39 is 68.2 Å². The van der Waals surface area contributed by atoms with Crippen molar-refractivity contribution in [3.05, 3.63) is 46.7 Å². The SMILES string of the molecule is NCc1cccc(CC(=O)NC2C(=O)N3C(C(=O)O)=C(C(CS(=O)(=O)O)Sc4nn[nH]n4)CS[C@@H]23)c1.O=C(O)C(F)(F)F. The van der Waals surface area contributed by atoms with Gasteiger partial charge in [0.15, 0.2) is 0 Å². The largest absolute Gasteiger partial charge is 0.490 e. The molecule has 43 heavy (non-hydrogen) atoms. The summed E-state index contributed by atoms with van der Waals surface area (Å²) in [7, 11) is -4.52. The van der Waals surface area contributed by atoms with E-state index in [1.165, 1.54) is 11.8 Å². The number of nitrogens with two attached hydrogens (primary N) is 1. The Bertz CT molecular complexity index is 1520. The molecule has 1 fully saturated rings. The normalized spacial score (nSPS) is 19.0. The van der Waals surface area contributed by atoms with E-state index in [2.05, 4.69) is 25.9 Å². The molecule has 4 rings (SSSR count). The number of carbonyl (C=O) groups excluding carboxylic acids is 2. The standard InChI is InChI=1S/C19H21N7O7S3.C2HF3O2/c20-6-10-3-1-2-9(4-10)5-13(27)21-14-16(28)26-15(18(29)30)11(7-34-17(14)26)12(8-36(31,32)33)35-19-22-24-25-23-19;3-2(4,5)1(6)7/h1-4,12,14,17H,5-8,20H2,(H,21,27)(H,29,30)(H,31,32,33)(H,22,23,24,25);(H,6,7)/t12?,14?,17-;/m0./s1. The molecule has 22 heteroatoms. The summed E-state index contributed by atoms with van der Waals surface area (Å²) >= 11 is 1.96. The molecule has 2 aromatic rings. The Labute approximate surface area is 248 Å². The molecule has 2 aliphatic rings. The first-order valence-electron chi connectivity index (χ1n) is 11.7. The zero-order valence-corrected chi connectivity index (χ0v) is 23.8. The van der Waals surface area contributed by atoms with Gasteiger partial charge in [-0.15, -0.1) is 22.0 Å². The van der Waals surface area contributed by atoms with Crippen LogP contribution >= 0.6 is 23.5 Å². The maximum absolute atomic E-state index is 12.9. The van der Waals surface area contributed by atoms with Gasteiger partial charge in [0, 0.05) is 12.3 Å². The average molecular weight is 670 g/mol. The van der Waals surface area contributed by atoms with Crippen LogP contribution in [0.3, 0.4) is 0 Å². The van der Waals surface area contributed by atoms with E-state index >= 15 is 0 Å². The second-order valence-electron chi connectivity index (χ2n) is 8.69. The van der Waals surface area contributed by atoms with Crippen LogP contribution in [0, 0.1) is 0 Å². The summed E-state index contributed by atoms with van der Waals surface area (Å²) in [5, 5.41) is 31.0. The molecule has 0 aliphatic carbocycles. The number of hydrogen-bond acceptors (Lipinski definition) is 12. The summed E-state index contributed by atoms with van der Waals surface area (Å²) < 4.78 is 64.5. The number of hydrogen-bond donors (Lipinski definition) is 6. The number of β-lactam (4-membered cyclic amide) rings is 1. The predicted octanol–water partition coefficient (Wildman–Crippen LogP) is -0.378. The lowest BCUT2D eigenvalue weighted by molar-refractivity contribution is -0.192. The molecular weight excluding hydrogens is 647 g/mol. The maximum atomic E-state index is 12.9. The smallest absolute Gasteiger partial charge is 0.477 e. The average Bonchev–Trinajstić information content (AvgIpc) is 3.42. The summed E-state index contributed by atoms with van der Waals surface area (Å²) in [5.41, 5.74) is 6.91. The van der Waals surface area contributed by atoms with E-state index in [0.29, 0.717) is 6.54 Å². The topological polar surface area (TPSA) is 259 Å². The number of nitrogens with one attached hydrogen (secondary N) is 2. The summed E-state index contributed by atoms with van der Waals surface area (Å²) in [6, 6.07) is 6.21. The molecule has 1 saturated heterocycles. The fraction of sp³-hybridized carbons (Fsp3) is 0.381. The highest BCUT2D eigenvalue weighted by Crippen LogP contribution is 2.43. The van der Waals surface area contributed by atoms with Crippen molar-refractivity contribution in [2.24, 2.45) is 5.73 Å². The van der Waals surface area contributed by atoms with Gasteiger partial charge in [0.25, 0.3) is 16.0 Å². The maximum Gasteiger partial charge on any atom is 0.490 e. The van der Waals surface area contributed by atoms with Gasteiger partial charge in [-0.25, -0.2) is 9.59 Å². The number of nitrogens with zero attached hydrogens (tertiary/aromatic N) is 4. The molecule has 2 aliphatic heterocycles. The first-order chi connectivity index (χ1) is 20.0. The number of carbonyl (C=O) groups is 4. The molecule has 3 atom stereocenters. The second-order valence-corrected chi connectivity index (χ2v) is 12.5. The van der Waals surface area contributed by atoms with Crippen molar-refractivity contribution in [3.63, 3.8) is 0 Å². The third-order valence-electron chi connectivity index (χ3n) is 5.68. The van der Waals surface area contributed by atoms with Gasteiger partial charge in [-0.1, -0.05) is 36.0 Å². The van der Waals surface area contributed by atoms with Gasteiger partial charge in [0.2, 0.25) is 11.1 Å². The van der Waals surface area contributed by atoms with Gasteiger partial charge in [-0.05, 0) is 21.9 Å². The summed E-state index contributed by atoms with van der Waals surface area (Å²) in [6.45, 7) is 0.320. The van der Waals surface area contributed by atoms with Gasteiger partial charge in [-0.2, -0.15) is 26.8 Å². The molecule has 0 bridgehead atoms. The van der Waals surface area contributed by atoms with E-state index in [1.807, 2.05) is 6.07 Å². The first kappa shape index (κ1) is 33.8. The fourth-order valence-electron chi connectivity index (χ4n) is 3.89. The molecule has 1 aromatic carbocycles. The van der Waals surface area contributed by atoms with E-state index in [4.69, 9.17) is 15.6 Å². The molecular formula is C21H22F3N7O9S3. The number of tetrazole rings is 1. The highest BCUT2D eigenvalue weighted by molar-refractivity contribution is 8.01. The zero-order chi connectivity index (χ0) is 32.1. The van der Waals surface area contributed by atoms with Gasteiger partial charge in [0.05, 0.1) is 17.4 Å². The molecule has 2 unspecified atom stereocenters. The molecule has 16 nitrogen and oxygen atoms in total. The molecule has 0 spiro atoms. The minimum Gasteiger partial charge on any atom is -0.477 e. The molecule has 0 saturated carbocycles. The third-order valence-corrected chi connectivity index (χ3v) is 9.06. The highest BCUT2D eigenvalue weighted by Gasteiger charge is 2.55. The van der Waals surface area contributed by atoms with Gasteiger partial charge in [0.1, 0.15) is 17.1 Å². The van der Waals surface area contributed by atoms with Crippen LogP contribution in [-0.2, 0) is 42.3 Å². The number of H-pyrrole nitrogens is 1. The number of carboxylic acid groups (broad SMARTS) is 2. The monoisotopic (exact) mass is 669 g/mol. The Morgan fingerprint density at radius 3 is 2.44 bits per heavy atom. The molecule has 2 amide bonds. The van der Waals surface area contributed by atoms with Crippen molar-refractivity contribution in [3.8, 4) is 0 Å². The van der Waals surface area contributed by atoms with Gasteiger partial charge in [-0.3, -0.25) is 19.0 Å². The van der Waals surface area contributed by atoms with Crippen molar-refractivity contribution >= 4 is 57.4 Å². The number of aromatic nitrogens is 4.